The number of benzene rings is 1. The number of nitrogens with one attached hydrogen (secondary N) is 2. The summed E-state index contributed by atoms with van der Waals surface area (Å²) in [6.07, 6.45) is 9.42. The monoisotopic (exact) mass is 501 g/mol. The Labute approximate surface area is 214 Å². The molecule has 1 aromatic carbocycles. The van der Waals surface area contributed by atoms with E-state index >= 15 is 0 Å². The second-order valence-electron chi connectivity index (χ2n) is 9.32. The summed E-state index contributed by atoms with van der Waals surface area (Å²) in [5, 5.41) is 5.01. The number of hydrogen-bond acceptors (Lipinski definition) is 6. The molecule has 3 amide bonds. The van der Waals surface area contributed by atoms with Crippen molar-refractivity contribution >= 4 is 23.9 Å². The highest BCUT2D eigenvalue weighted by atomic mass is 16.6. The van der Waals surface area contributed by atoms with Crippen LogP contribution in [0.4, 0.5) is 4.79 Å². The maximum absolute atomic E-state index is 13.3. The molecule has 0 aliphatic carbocycles. The molecule has 2 N–H and O–H groups in total. The summed E-state index contributed by atoms with van der Waals surface area (Å²) >= 11 is 0. The fourth-order valence-corrected chi connectivity index (χ4v) is 3.41. The van der Waals surface area contributed by atoms with Crippen molar-refractivity contribution in [3.63, 3.8) is 0 Å². The molecule has 0 spiro atoms. The Hall–Kier alpha value is -3.54. The maximum Gasteiger partial charge on any atom is 0.408 e. The molecule has 1 rings (SSSR count). The first-order chi connectivity index (χ1) is 17.0. The van der Waals surface area contributed by atoms with Crippen LogP contribution in [0.3, 0.4) is 0 Å². The molecule has 0 aliphatic heterocycles. The van der Waals surface area contributed by atoms with E-state index in [4.69, 9.17) is 11.2 Å². The van der Waals surface area contributed by atoms with Crippen LogP contribution in [0.5, 0.6) is 0 Å². The number of terminal acetylenes is 1. The molecule has 0 radical (unpaired) electrons. The summed E-state index contributed by atoms with van der Waals surface area (Å²) in [7, 11) is 1.22. The fourth-order valence-electron chi connectivity index (χ4n) is 3.41. The van der Waals surface area contributed by atoms with E-state index in [1.54, 1.807) is 45.0 Å². The van der Waals surface area contributed by atoms with E-state index in [1.165, 1.54) is 12.0 Å². The van der Waals surface area contributed by atoms with Crippen LogP contribution in [-0.4, -0.2) is 61.1 Å². The Morgan fingerprint density at radius 3 is 2.19 bits per heavy atom. The van der Waals surface area contributed by atoms with E-state index in [0.717, 1.165) is 25.7 Å². The zero-order chi connectivity index (χ0) is 27.1. The van der Waals surface area contributed by atoms with Gasteiger partial charge < -0.3 is 25.0 Å². The Morgan fingerprint density at radius 2 is 1.64 bits per heavy atom. The van der Waals surface area contributed by atoms with Gasteiger partial charge in [-0.25, -0.2) is 4.79 Å². The van der Waals surface area contributed by atoms with Crippen molar-refractivity contribution in [1.82, 2.24) is 15.5 Å². The van der Waals surface area contributed by atoms with Crippen LogP contribution in [0.15, 0.2) is 24.3 Å². The lowest BCUT2D eigenvalue weighted by atomic mass is 10.0. The summed E-state index contributed by atoms with van der Waals surface area (Å²) in [6, 6.07) is 5.67. The van der Waals surface area contributed by atoms with Crippen molar-refractivity contribution in [2.45, 2.75) is 71.4 Å². The molecule has 0 saturated carbocycles. The third kappa shape index (κ3) is 11.3. The third-order valence-corrected chi connectivity index (χ3v) is 5.19. The topological polar surface area (TPSA) is 114 Å². The van der Waals surface area contributed by atoms with Crippen molar-refractivity contribution in [2.75, 3.05) is 26.7 Å². The number of amides is 3. The number of methoxy groups -OCH3 is 1. The van der Waals surface area contributed by atoms with E-state index in [9.17, 15) is 19.2 Å². The van der Waals surface area contributed by atoms with Crippen LogP contribution < -0.4 is 10.6 Å². The predicted molar refractivity (Wildman–Crippen MR) is 137 cm³/mol. The van der Waals surface area contributed by atoms with Crippen molar-refractivity contribution in [3.8, 4) is 12.3 Å². The molecule has 1 unspecified atom stereocenters. The number of unbranched alkanes of at least 4 members (excludes halogenated alkanes) is 4. The summed E-state index contributed by atoms with van der Waals surface area (Å²) < 4.78 is 9.83. The summed E-state index contributed by atoms with van der Waals surface area (Å²) in [4.78, 5) is 51.7. The van der Waals surface area contributed by atoms with Crippen molar-refractivity contribution < 1.29 is 28.7 Å². The van der Waals surface area contributed by atoms with Gasteiger partial charge in [0, 0.05) is 12.1 Å². The van der Waals surface area contributed by atoms with Gasteiger partial charge in [0.15, 0.2) is 0 Å². The smallest absolute Gasteiger partial charge is 0.408 e. The van der Waals surface area contributed by atoms with Gasteiger partial charge in [-0.3, -0.25) is 14.4 Å². The van der Waals surface area contributed by atoms with E-state index in [2.05, 4.69) is 28.2 Å². The molecule has 0 aromatic heterocycles. The van der Waals surface area contributed by atoms with E-state index in [1.807, 2.05) is 0 Å². The second-order valence-corrected chi connectivity index (χ2v) is 9.32. The molecule has 0 heterocycles. The molecule has 0 saturated heterocycles. The number of hydrogen-bond donors (Lipinski definition) is 2. The lowest BCUT2D eigenvalue weighted by Crippen LogP contribution is -2.48. The SMILES string of the molecule is C#Cc1ccc(C(C(=O)NCC(=O)OC)N(CCCCCCC)C(=O)CNC(=O)OC(C)(C)C)cc1. The number of carbonyl (C=O) groups excluding carboxylic acids is 4. The lowest BCUT2D eigenvalue weighted by molar-refractivity contribution is -0.143. The first-order valence-electron chi connectivity index (χ1n) is 12.2. The number of esters is 1. The summed E-state index contributed by atoms with van der Waals surface area (Å²) in [5.41, 5.74) is 0.424. The molecule has 0 fully saturated rings. The van der Waals surface area contributed by atoms with Crippen LogP contribution in [0, 0.1) is 12.3 Å². The van der Waals surface area contributed by atoms with E-state index in [0.29, 0.717) is 17.5 Å². The molecule has 0 bridgehead atoms. The number of carbonyl (C=O) groups is 4. The standard InChI is InChI=1S/C27H39N3O6/c1-7-9-10-11-12-17-30(22(31)18-29-26(34)36-27(3,4)5)24(25(33)28-19-23(32)35-6)21-15-13-20(8-2)14-16-21/h2,13-16,24H,7,9-12,17-19H2,1,3-6H3,(H,28,33)(H,29,34). The highest BCUT2D eigenvalue weighted by Gasteiger charge is 2.32. The van der Waals surface area contributed by atoms with Gasteiger partial charge >= 0.3 is 12.1 Å². The van der Waals surface area contributed by atoms with Crippen LogP contribution in [0.25, 0.3) is 0 Å². The van der Waals surface area contributed by atoms with Gasteiger partial charge in [0.25, 0.3) is 0 Å². The molecule has 9 nitrogen and oxygen atoms in total. The fraction of sp³-hybridized carbons (Fsp3) is 0.556. The number of ether oxygens (including phenoxy) is 2. The Balaban J connectivity index is 3.21. The van der Waals surface area contributed by atoms with Crippen molar-refractivity contribution in [3.05, 3.63) is 35.4 Å². The molecule has 198 valence electrons. The predicted octanol–water partition coefficient (Wildman–Crippen LogP) is 3.32. The maximum atomic E-state index is 13.3. The molecular formula is C27H39N3O6. The summed E-state index contributed by atoms with van der Waals surface area (Å²) in [6.45, 7) is 6.86. The van der Waals surface area contributed by atoms with Gasteiger partial charge in [-0.2, -0.15) is 0 Å². The molecule has 0 aliphatic rings. The highest BCUT2D eigenvalue weighted by molar-refractivity contribution is 5.91. The molecule has 1 atom stereocenters. The first kappa shape index (κ1) is 30.5. The van der Waals surface area contributed by atoms with Gasteiger partial charge in [-0.15, -0.1) is 6.42 Å². The van der Waals surface area contributed by atoms with Gasteiger partial charge in [0.2, 0.25) is 11.8 Å². The second kappa shape index (κ2) is 15.5. The summed E-state index contributed by atoms with van der Waals surface area (Å²) in [5.74, 6) is 0.896. The Bertz CT molecular complexity index is 915. The minimum absolute atomic E-state index is 0.283. The van der Waals surface area contributed by atoms with E-state index in [-0.39, 0.29) is 19.6 Å². The number of nitrogens with zero attached hydrogens (tertiary/aromatic N) is 1. The van der Waals surface area contributed by atoms with Gasteiger partial charge in [0.05, 0.1) is 7.11 Å². The van der Waals surface area contributed by atoms with Crippen molar-refractivity contribution in [2.24, 2.45) is 0 Å². The Kier molecular flexibility index (Phi) is 13.1. The molecule has 1 aromatic rings. The first-order valence-corrected chi connectivity index (χ1v) is 12.2. The third-order valence-electron chi connectivity index (χ3n) is 5.19. The van der Waals surface area contributed by atoms with Gasteiger partial charge in [0.1, 0.15) is 24.7 Å². The highest BCUT2D eigenvalue weighted by Crippen LogP contribution is 2.23. The van der Waals surface area contributed by atoms with Crippen LogP contribution in [0.1, 0.15) is 77.0 Å². The van der Waals surface area contributed by atoms with Gasteiger partial charge in [-0.05, 0) is 44.9 Å². The average molecular weight is 502 g/mol. The number of alkyl carbamates (subject to hydrolysis) is 1. The average Bonchev–Trinajstić information content (AvgIpc) is 2.84. The quantitative estimate of drug-likeness (QED) is 0.244. The van der Waals surface area contributed by atoms with Gasteiger partial charge in [-0.1, -0.05) is 50.7 Å². The minimum atomic E-state index is -1.04. The van der Waals surface area contributed by atoms with Crippen LogP contribution in [0.2, 0.25) is 0 Å². The number of rotatable bonds is 13. The molecule has 36 heavy (non-hydrogen) atoms. The van der Waals surface area contributed by atoms with E-state index < -0.39 is 35.5 Å². The van der Waals surface area contributed by atoms with Crippen LogP contribution in [-0.2, 0) is 23.9 Å². The zero-order valence-corrected chi connectivity index (χ0v) is 22.0. The zero-order valence-electron chi connectivity index (χ0n) is 22.0. The minimum Gasteiger partial charge on any atom is -0.468 e. The van der Waals surface area contributed by atoms with Crippen molar-refractivity contribution in [1.29, 1.82) is 0 Å². The Morgan fingerprint density at radius 1 is 1.00 bits per heavy atom. The van der Waals surface area contributed by atoms with Crippen LogP contribution >= 0.6 is 0 Å². The normalized spacial score (nSPS) is 11.6. The molecular weight excluding hydrogens is 462 g/mol. The largest absolute Gasteiger partial charge is 0.468 e. The lowest BCUT2D eigenvalue weighted by Gasteiger charge is -2.32. The molecule has 9 heteroatoms.